The molecule has 2 aliphatic rings. The van der Waals surface area contributed by atoms with Crippen LogP contribution in [0.5, 0.6) is 0 Å². The van der Waals surface area contributed by atoms with Gasteiger partial charge in [-0.25, -0.2) is 15.0 Å². The fourth-order valence-electron chi connectivity index (χ4n) is 9.00. The minimum Gasteiger partial charge on any atom is -0.208 e. The lowest BCUT2D eigenvalue weighted by molar-refractivity contribution is 0.0702. The molecule has 2 saturated carbocycles. The Kier molecular flexibility index (Phi) is 8.59. The van der Waals surface area contributed by atoms with Crippen molar-refractivity contribution in [2.24, 2.45) is 17.8 Å². The van der Waals surface area contributed by atoms with Crippen LogP contribution < -0.4 is 0 Å². The molecule has 0 aliphatic heterocycles. The quantitative estimate of drug-likeness (QED) is 0.172. The van der Waals surface area contributed by atoms with Crippen LogP contribution >= 0.6 is 0 Å². The molecule has 2 bridgehead atoms. The predicted octanol–water partition coefficient (Wildman–Crippen LogP) is 11.6. The zero-order chi connectivity index (χ0) is 34.1. The molecule has 4 heteroatoms. The second kappa shape index (κ2) is 13.5. The van der Waals surface area contributed by atoms with E-state index in [1.54, 1.807) is 0 Å². The average molecular weight is 651 g/mol. The van der Waals surface area contributed by atoms with E-state index in [1.165, 1.54) is 49.7 Å². The molecule has 6 aromatic rings. The second-order valence-corrected chi connectivity index (χ2v) is 14.7. The zero-order valence-corrected chi connectivity index (χ0v) is 28.9. The van der Waals surface area contributed by atoms with Gasteiger partial charge in [0, 0.05) is 16.7 Å². The summed E-state index contributed by atoms with van der Waals surface area (Å²) in [5, 5.41) is 9.54. The van der Waals surface area contributed by atoms with E-state index in [0.717, 1.165) is 51.1 Å². The largest absolute Gasteiger partial charge is 0.208 e. The molecule has 8 rings (SSSR count). The predicted molar refractivity (Wildman–Crippen MR) is 203 cm³/mol. The van der Waals surface area contributed by atoms with Crippen molar-refractivity contribution in [1.29, 1.82) is 5.26 Å². The summed E-state index contributed by atoms with van der Waals surface area (Å²) in [6.07, 6.45) is 8.02. The Labute approximate surface area is 296 Å². The summed E-state index contributed by atoms with van der Waals surface area (Å²) < 4.78 is 0. The third kappa shape index (κ3) is 6.25. The molecule has 2 aliphatic carbocycles. The molecule has 0 N–H and O–H groups in total. The van der Waals surface area contributed by atoms with E-state index in [4.69, 9.17) is 15.0 Å². The summed E-state index contributed by atoms with van der Waals surface area (Å²) in [6, 6.07) is 46.4. The van der Waals surface area contributed by atoms with Gasteiger partial charge >= 0.3 is 0 Å². The van der Waals surface area contributed by atoms with Crippen LogP contribution in [0.3, 0.4) is 0 Å². The highest BCUT2D eigenvalue weighted by Gasteiger charge is 2.45. The molecule has 5 aromatic carbocycles. The molecule has 1 unspecified atom stereocenters. The van der Waals surface area contributed by atoms with Crippen molar-refractivity contribution in [3.8, 4) is 62.5 Å². The van der Waals surface area contributed by atoms with Gasteiger partial charge in [0.15, 0.2) is 17.5 Å². The van der Waals surface area contributed by atoms with Crippen LogP contribution in [0.15, 0.2) is 127 Å². The van der Waals surface area contributed by atoms with Crippen molar-refractivity contribution in [2.45, 2.75) is 57.8 Å². The maximum absolute atomic E-state index is 9.54. The van der Waals surface area contributed by atoms with E-state index in [-0.39, 0.29) is 0 Å². The Balaban J connectivity index is 1.23. The molecular weight excluding hydrogens is 609 g/mol. The van der Waals surface area contributed by atoms with Gasteiger partial charge in [0.1, 0.15) is 0 Å². The Morgan fingerprint density at radius 1 is 0.600 bits per heavy atom. The van der Waals surface area contributed by atoms with Crippen molar-refractivity contribution >= 4 is 0 Å². The van der Waals surface area contributed by atoms with Crippen LogP contribution in [-0.4, -0.2) is 15.0 Å². The molecule has 50 heavy (non-hydrogen) atoms. The number of hydrogen-bond acceptors (Lipinski definition) is 4. The average Bonchev–Trinajstić information content (AvgIpc) is 3.18. The Morgan fingerprint density at radius 2 is 1.16 bits per heavy atom. The van der Waals surface area contributed by atoms with E-state index in [1.807, 2.05) is 84.9 Å². The number of nitrogens with zero attached hydrogens (tertiary/aromatic N) is 4. The van der Waals surface area contributed by atoms with Crippen molar-refractivity contribution in [1.82, 2.24) is 15.0 Å². The van der Waals surface area contributed by atoms with Gasteiger partial charge < -0.3 is 0 Å². The molecule has 0 saturated heterocycles. The molecule has 4 atom stereocenters. The van der Waals surface area contributed by atoms with Crippen molar-refractivity contribution in [2.75, 3.05) is 0 Å². The first kappa shape index (κ1) is 31.8. The maximum Gasteiger partial charge on any atom is 0.164 e. The van der Waals surface area contributed by atoms with Crippen molar-refractivity contribution < 1.29 is 0 Å². The van der Waals surface area contributed by atoms with Gasteiger partial charge in [-0.05, 0) is 101 Å². The summed E-state index contributed by atoms with van der Waals surface area (Å²) in [7, 11) is 0. The van der Waals surface area contributed by atoms with Gasteiger partial charge in [-0.3, -0.25) is 0 Å². The molecule has 0 spiro atoms. The molecule has 0 radical (unpaired) electrons. The van der Waals surface area contributed by atoms with E-state index in [2.05, 4.69) is 62.4 Å². The number of hydrogen-bond donors (Lipinski definition) is 0. The van der Waals surface area contributed by atoms with Gasteiger partial charge in [0.2, 0.25) is 0 Å². The van der Waals surface area contributed by atoms with Crippen LogP contribution in [0.1, 0.15) is 63.5 Å². The summed E-state index contributed by atoms with van der Waals surface area (Å²) in [4.78, 5) is 14.9. The normalized spacial score (nSPS) is 21.3. The zero-order valence-electron chi connectivity index (χ0n) is 28.9. The monoisotopic (exact) mass is 650 g/mol. The lowest BCUT2D eigenvalue weighted by atomic mass is 9.54. The minimum atomic E-state index is 0.297. The Hall–Kier alpha value is -5.40. The minimum absolute atomic E-state index is 0.297. The molecule has 1 aromatic heterocycles. The van der Waals surface area contributed by atoms with Crippen molar-refractivity contribution in [3.05, 3.63) is 139 Å². The number of fused-ring (bicyclic) bond motifs is 2. The summed E-state index contributed by atoms with van der Waals surface area (Å²) in [5.41, 5.74) is 9.71. The van der Waals surface area contributed by atoms with Crippen LogP contribution in [0.25, 0.3) is 56.4 Å². The molecule has 4 nitrogen and oxygen atoms in total. The highest BCUT2D eigenvalue weighted by Crippen LogP contribution is 2.55. The van der Waals surface area contributed by atoms with E-state index in [0.29, 0.717) is 28.5 Å². The first-order valence-electron chi connectivity index (χ1n) is 18.1. The fourth-order valence-corrected chi connectivity index (χ4v) is 9.00. The summed E-state index contributed by atoms with van der Waals surface area (Å²) >= 11 is 0. The van der Waals surface area contributed by atoms with Crippen LogP contribution in [0.4, 0.5) is 0 Å². The first-order chi connectivity index (χ1) is 24.5. The van der Waals surface area contributed by atoms with Gasteiger partial charge in [-0.2, -0.15) is 5.26 Å². The molecule has 246 valence electrons. The molecular formula is C46H42N4. The van der Waals surface area contributed by atoms with Gasteiger partial charge in [-0.1, -0.05) is 129 Å². The topological polar surface area (TPSA) is 62.5 Å². The van der Waals surface area contributed by atoms with Crippen LogP contribution in [-0.2, 0) is 5.41 Å². The van der Waals surface area contributed by atoms with Crippen molar-refractivity contribution in [3.63, 3.8) is 0 Å². The maximum atomic E-state index is 9.54. The molecule has 1 heterocycles. The van der Waals surface area contributed by atoms with Gasteiger partial charge in [0.05, 0.1) is 11.6 Å². The highest BCUT2D eigenvalue weighted by atomic mass is 15.0. The number of aromatic nitrogens is 3. The molecule has 2 fully saturated rings. The third-order valence-corrected chi connectivity index (χ3v) is 11.2. The van der Waals surface area contributed by atoms with Crippen LogP contribution in [0.2, 0.25) is 0 Å². The smallest absolute Gasteiger partial charge is 0.164 e. The lowest BCUT2D eigenvalue weighted by Crippen LogP contribution is -2.42. The van der Waals surface area contributed by atoms with Crippen LogP contribution in [0, 0.1) is 29.1 Å². The third-order valence-electron chi connectivity index (χ3n) is 11.2. The lowest BCUT2D eigenvalue weighted by Gasteiger charge is -2.51. The SMILES string of the molecule is CC[C@H]1C[C@H]2C[C@@H](C)CC(c3ccc(-c4ccc(-c5nc(-c6ccccc6)nc(-c6ccccc6)n5)cc4-c4ccc(C#N)cc4)cc3)(C2)C1. The fraction of sp³-hybridized carbons (Fsp3) is 0.261. The summed E-state index contributed by atoms with van der Waals surface area (Å²) in [5.74, 6) is 4.37. The van der Waals surface area contributed by atoms with E-state index in [9.17, 15) is 5.26 Å². The number of benzene rings is 5. The number of rotatable bonds is 7. The number of nitriles is 1. The second-order valence-electron chi connectivity index (χ2n) is 14.7. The van der Waals surface area contributed by atoms with E-state index < -0.39 is 0 Å². The van der Waals surface area contributed by atoms with E-state index >= 15 is 0 Å². The standard InChI is InChI=1S/C46H42N4/c1-3-32-25-34-24-31(2)27-46(28-32,29-34)40-21-18-35(19-22-40)41-23-20-39(26-42(41)36-16-14-33(30-47)15-17-36)45-49-43(37-10-6-4-7-11-37)48-44(50-45)38-12-8-5-9-13-38/h4-23,26,31-32,34H,3,24-25,27-29H2,1-2H3/t31-,32+,34-,46?/m1/s1. The highest BCUT2D eigenvalue weighted by molar-refractivity contribution is 5.87. The summed E-state index contributed by atoms with van der Waals surface area (Å²) in [6.45, 7) is 4.84. The first-order valence-corrected chi connectivity index (χ1v) is 18.1. The Morgan fingerprint density at radius 3 is 1.76 bits per heavy atom. The Bertz CT molecular complexity index is 2090. The van der Waals surface area contributed by atoms with Gasteiger partial charge in [0.25, 0.3) is 0 Å². The molecule has 0 amide bonds. The van der Waals surface area contributed by atoms with Gasteiger partial charge in [-0.15, -0.1) is 0 Å².